The summed E-state index contributed by atoms with van der Waals surface area (Å²) in [5, 5.41) is 3.45. The molecule has 0 aromatic carbocycles. The monoisotopic (exact) mass is 244 g/mol. The van der Waals surface area contributed by atoms with Crippen molar-refractivity contribution < 1.29 is 4.79 Å². The zero-order valence-electron chi connectivity index (χ0n) is 10.8. The Morgan fingerprint density at radius 3 is 2.69 bits per heavy atom. The first kappa shape index (κ1) is 13.8. The zero-order chi connectivity index (χ0) is 12.1. The maximum absolute atomic E-state index is 12.2. The normalized spacial score (nSPS) is 27.5. The first-order chi connectivity index (χ1) is 7.65. The summed E-state index contributed by atoms with van der Waals surface area (Å²) < 4.78 is 0. The van der Waals surface area contributed by atoms with Crippen molar-refractivity contribution >= 4 is 17.7 Å². The van der Waals surface area contributed by atoms with Gasteiger partial charge < -0.3 is 4.90 Å². The molecule has 1 N–H and O–H groups in total. The van der Waals surface area contributed by atoms with E-state index in [0.29, 0.717) is 11.9 Å². The van der Waals surface area contributed by atoms with Crippen LogP contribution in [-0.2, 0) is 4.79 Å². The number of amides is 1. The average molecular weight is 244 g/mol. The zero-order valence-corrected chi connectivity index (χ0v) is 11.6. The van der Waals surface area contributed by atoms with Crippen molar-refractivity contribution in [1.29, 1.82) is 0 Å². The molecule has 1 aliphatic rings. The molecule has 0 aliphatic carbocycles. The molecule has 3 nitrogen and oxygen atoms in total. The van der Waals surface area contributed by atoms with E-state index in [2.05, 4.69) is 37.2 Å². The smallest absolute Gasteiger partial charge is 0.241 e. The molecular weight excluding hydrogens is 220 g/mol. The van der Waals surface area contributed by atoms with Crippen LogP contribution in [0, 0.1) is 0 Å². The van der Waals surface area contributed by atoms with Crippen LogP contribution < -0.4 is 5.32 Å². The van der Waals surface area contributed by atoms with E-state index >= 15 is 0 Å². The van der Waals surface area contributed by atoms with Crippen molar-refractivity contribution in [2.45, 2.75) is 58.3 Å². The average Bonchev–Trinajstić information content (AvgIpc) is 2.57. The minimum Gasteiger partial charge on any atom is -0.322 e. The molecule has 0 radical (unpaired) electrons. The third-order valence-corrected chi connectivity index (χ3v) is 3.94. The highest BCUT2D eigenvalue weighted by Gasteiger charge is 2.39. The van der Waals surface area contributed by atoms with Gasteiger partial charge in [-0.05, 0) is 26.0 Å². The van der Waals surface area contributed by atoms with Gasteiger partial charge in [0, 0.05) is 11.8 Å². The fourth-order valence-corrected chi connectivity index (χ4v) is 3.02. The largest absolute Gasteiger partial charge is 0.322 e. The minimum atomic E-state index is 0.0549. The number of thioether (sulfide) groups is 1. The van der Waals surface area contributed by atoms with Crippen LogP contribution in [0.2, 0.25) is 0 Å². The van der Waals surface area contributed by atoms with E-state index in [1.807, 2.05) is 0 Å². The quantitative estimate of drug-likeness (QED) is 0.776. The Balaban J connectivity index is 2.69. The third-order valence-electron chi connectivity index (χ3n) is 3.13. The van der Waals surface area contributed by atoms with Crippen LogP contribution >= 0.6 is 11.8 Å². The lowest BCUT2D eigenvalue weighted by Gasteiger charge is -2.29. The van der Waals surface area contributed by atoms with E-state index < -0.39 is 0 Å². The van der Waals surface area contributed by atoms with Crippen LogP contribution in [0.1, 0.15) is 40.0 Å². The van der Waals surface area contributed by atoms with Crippen LogP contribution in [0.25, 0.3) is 0 Å². The second kappa shape index (κ2) is 6.50. The molecule has 0 aromatic rings. The first-order valence-corrected chi connectivity index (χ1v) is 7.62. The van der Waals surface area contributed by atoms with Crippen molar-refractivity contribution in [2.75, 3.05) is 12.0 Å². The molecule has 1 heterocycles. The Kier molecular flexibility index (Phi) is 5.62. The summed E-state index contributed by atoms with van der Waals surface area (Å²) in [7, 11) is 0. The van der Waals surface area contributed by atoms with Gasteiger partial charge >= 0.3 is 0 Å². The van der Waals surface area contributed by atoms with Gasteiger partial charge in [-0.25, -0.2) is 0 Å². The van der Waals surface area contributed by atoms with Crippen molar-refractivity contribution in [3.05, 3.63) is 0 Å². The Morgan fingerprint density at radius 2 is 2.19 bits per heavy atom. The molecule has 3 atom stereocenters. The van der Waals surface area contributed by atoms with Crippen LogP contribution in [0.4, 0.5) is 0 Å². The van der Waals surface area contributed by atoms with E-state index in [9.17, 15) is 4.79 Å². The maximum Gasteiger partial charge on any atom is 0.241 e. The summed E-state index contributed by atoms with van der Waals surface area (Å²) in [5.74, 6) is 1.32. The number of hydrogen-bond donors (Lipinski definition) is 1. The van der Waals surface area contributed by atoms with Crippen LogP contribution in [0.3, 0.4) is 0 Å². The number of hydrogen-bond acceptors (Lipinski definition) is 3. The molecule has 0 bridgehead atoms. The second-order valence-electron chi connectivity index (χ2n) is 4.48. The molecule has 16 heavy (non-hydrogen) atoms. The van der Waals surface area contributed by atoms with E-state index in [1.54, 1.807) is 11.8 Å². The number of nitrogens with one attached hydrogen (secondary N) is 1. The molecule has 1 amide bonds. The molecule has 0 saturated carbocycles. The van der Waals surface area contributed by atoms with Gasteiger partial charge in [-0.1, -0.05) is 20.3 Å². The van der Waals surface area contributed by atoms with Gasteiger partial charge in [0.2, 0.25) is 5.91 Å². The summed E-state index contributed by atoms with van der Waals surface area (Å²) >= 11 is 1.80. The minimum absolute atomic E-state index is 0.0549. The van der Waals surface area contributed by atoms with Gasteiger partial charge in [0.25, 0.3) is 0 Å². The summed E-state index contributed by atoms with van der Waals surface area (Å²) in [4.78, 5) is 14.3. The predicted octanol–water partition coefficient (Wildman–Crippen LogP) is 2.07. The summed E-state index contributed by atoms with van der Waals surface area (Å²) in [6.45, 7) is 6.41. The highest BCUT2D eigenvalue weighted by atomic mass is 32.2. The maximum atomic E-state index is 12.2. The van der Waals surface area contributed by atoms with Crippen molar-refractivity contribution in [1.82, 2.24) is 10.2 Å². The lowest BCUT2D eigenvalue weighted by atomic mass is 10.1. The molecule has 1 fully saturated rings. The van der Waals surface area contributed by atoms with Gasteiger partial charge in [-0.15, -0.1) is 0 Å². The summed E-state index contributed by atoms with van der Waals surface area (Å²) in [6, 6.07) is 0.390. The molecule has 1 saturated heterocycles. The van der Waals surface area contributed by atoms with Crippen molar-refractivity contribution in [3.8, 4) is 0 Å². The highest BCUT2D eigenvalue weighted by molar-refractivity contribution is 7.98. The standard InChI is InChI=1S/C12H24N2OS/c1-5-7-10-12(15)14(9(3)8-16-4)11(6-2)13-10/h9-11,13H,5-8H2,1-4H3. The van der Waals surface area contributed by atoms with Crippen LogP contribution in [-0.4, -0.2) is 41.1 Å². The fraction of sp³-hybridized carbons (Fsp3) is 0.917. The predicted molar refractivity (Wildman–Crippen MR) is 70.6 cm³/mol. The third kappa shape index (κ3) is 2.92. The van der Waals surface area contributed by atoms with E-state index in [4.69, 9.17) is 0 Å². The molecular formula is C12H24N2OS. The van der Waals surface area contributed by atoms with Gasteiger partial charge in [0.15, 0.2) is 0 Å². The van der Waals surface area contributed by atoms with E-state index in [-0.39, 0.29) is 12.2 Å². The molecule has 1 aliphatic heterocycles. The lowest BCUT2D eigenvalue weighted by Crippen LogP contribution is -2.44. The van der Waals surface area contributed by atoms with E-state index in [0.717, 1.165) is 25.0 Å². The second-order valence-corrected chi connectivity index (χ2v) is 5.39. The SMILES string of the molecule is CCCC1NC(CC)N(C(C)CSC)C1=O. The van der Waals surface area contributed by atoms with Gasteiger partial charge in [-0.3, -0.25) is 10.1 Å². The Morgan fingerprint density at radius 1 is 1.50 bits per heavy atom. The fourth-order valence-electron chi connectivity index (χ4n) is 2.37. The molecule has 0 spiro atoms. The molecule has 1 rings (SSSR count). The molecule has 0 aromatic heterocycles. The number of rotatable bonds is 6. The number of carbonyl (C=O) groups is 1. The van der Waals surface area contributed by atoms with Crippen LogP contribution in [0.15, 0.2) is 0 Å². The van der Waals surface area contributed by atoms with Crippen molar-refractivity contribution in [2.24, 2.45) is 0 Å². The number of nitrogens with zero attached hydrogens (tertiary/aromatic N) is 1. The van der Waals surface area contributed by atoms with Gasteiger partial charge in [0.1, 0.15) is 0 Å². The Hall–Kier alpha value is -0.220. The molecule has 94 valence electrons. The van der Waals surface area contributed by atoms with Gasteiger partial charge in [0.05, 0.1) is 12.2 Å². The lowest BCUT2D eigenvalue weighted by molar-refractivity contribution is -0.131. The van der Waals surface area contributed by atoms with Gasteiger partial charge in [-0.2, -0.15) is 11.8 Å². The topological polar surface area (TPSA) is 32.3 Å². The highest BCUT2D eigenvalue weighted by Crippen LogP contribution is 2.21. The van der Waals surface area contributed by atoms with E-state index in [1.165, 1.54) is 0 Å². The Labute approximate surface area is 103 Å². The Bertz CT molecular complexity index is 235. The first-order valence-electron chi connectivity index (χ1n) is 6.22. The summed E-state index contributed by atoms with van der Waals surface area (Å²) in [6.07, 6.45) is 5.34. The molecule has 3 unspecified atom stereocenters. The van der Waals surface area contributed by atoms with Crippen molar-refractivity contribution in [3.63, 3.8) is 0 Å². The summed E-state index contributed by atoms with van der Waals surface area (Å²) in [5.41, 5.74) is 0. The number of carbonyl (C=O) groups excluding carboxylic acids is 1. The van der Waals surface area contributed by atoms with Crippen LogP contribution in [0.5, 0.6) is 0 Å². The molecule has 4 heteroatoms.